The minimum absolute atomic E-state index is 0.306. The molecule has 90 valence electrons. The summed E-state index contributed by atoms with van der Waals surface area (Å²) in [5, 5.41) is 12.1. The summed E-state index contributed by atoms with van der Waals surface area (Å²) in [6.45, 7) is 0. The normalized spacial score (nSPS) is 9.83. The number of benzene rings is 2. The SMILES string of the molecule is N#Cc1cccc(Nc2cc(F)ccc2Cl)c1N. The number of nitrogens with zero attached hydrogens (tertiary/aromatic N) is 1. The Labute approximate surface area is 109 Å². The number of hydrogen-bond donors (Lipinski definition) is 2. The van der Waals surface area contributed by atoms with E-state index in [0.29, 0.717) is 27.6 Å². The van der Waals surface area contributed by atoms with Gasteiger partial charge < -0.3 is 11.1 Å². The molecule has 3 nitrogen and oxygen atoms in total. The topological polar surface area (TPSA) is 61.8 Å². The molecule has 5 heteroatoms. The molecule has 2 aromatic rings. The van der Waals surface area contributed by atoms with E-state index in [9.17, 15) is 4.39 Å². The third-order valence-electron chi connectivity index (χ3n) is 2.42. The van der Waals surface area contributed by atoms with Crippen molar-refractivity contribution in [3.05, 3.63) is 52.8 Å². The van der Waals surface area contributed by atoms with E-state index in [1.54, 1.807) is 18.2 Å². The van der Waals surface area contributed by atoms with Crippen molar-refractivity contribution in [2.24, 2.45) is 0 Å². The number of rotatable bonds is 2. The molecule has 0 aliphatic carbocycles. The first kappa shape index (κ1) is 12.2. The minimum atomic E-state index is -0.406. The molecule has 0 heterocycles. The van der Waals surface area contributed by atoms with Gasteiger partial charge in [-0.3, -0.25) is 0 Å². The van der Waals surface area contributed by atoms with Crippen LogP contribution in [0.2, 0.25) is 5.02 Å². The zero-order valence-corrected chi connectivity index (χ0v) is 10.0. The highest BCUT2D eigenvalue weighted by atomic mass is 35.5. The van der Waals surface area contributed by atoms with Crippen LogP contribution in [0, 0.1) is 17.1 Å². The Hall–Kier alpha value is -2.25. The lowest BCUT2D eigenvalue weighted by Gasteiger charge is -2.11. The standard InChI is InChI=1S/C13H9ClFN3/c14-10-5-4-9(15)6-12(10)18-11-3-1-2-8(7-16)13(11)17/h1-6,18H,17H2. The molecule has 2 rings (SSSR count). The van der Waals surface area contributed by atoms with Crippen molar-refractivity contribution in [3.63, 3.8) is 0 Å². The van der Waals surface area contributed by atoms with Crippen molar-refractivity contribution < 1.29 is 4.39 Å². The summed E-state index contributed by atoms with van der Waals surface area (Å²) in [7, 11) is 0. The molecule has 0 saturated heterocycles. The Bertz CT molecular complexity index is 635. The molecule has 0 bridgehead atoms. The van der Waals surface area contributed by atoms with E-state index in [2.05, 4.69) is 5.32 Å². The fourth-order valence-electron chi connectivity index (χ4n) is 1.51. The van der Waals surface area contributed by atoms with Crippen molar-refractivity contribution in [3.8, 4) is 6.07 Å². The monoisotopic (exact) mass is 261 g/mol. The van der Waals surface area contributed by atoms with Crippen LogP contribution in [-0.4, -0.2) is 0 Å². The first-order valence-electron chi connectivity index (χ1n) is 5.12. The molecule has 0 spiro atoms. The number of anilines is 3. The highest BCUT2D eigenvalue weighted by Gasteiger charge is 2.07. The second-order valence-corrected chi connectivity index (χ2v) is 4.03. The molecule has 0 atom stereocenters. The second kappa shape index (κ2) is 4.94. The predicted octanol–water partition coefficient (Wildman–Crippen LogP) is 3.68. The average molecular weight is 262 g/mol. The number of nitrogens with two attached hydrogens (primary N) is 1. The molecular weight excluding hydrogens is 253 g/mol. The van der Waals surface area contributed by atoms with E-state index < -0.39 is 5.82 Å². The van der Waals surface area contributed by atoms with Crippen LogP contribution in [-0.2, 0) is 0 Å². The fourth-order valence-corrected chi connectivity index (χ4v) is 1.67. The van der Waals surface area contributed by atoms with Crippen LogP contribution in [0.15, 0.2) is 36.4 Å². The number of hydrogen-bond acceptors (Lipinski definition) is 3. The summed E-state index contributed by atoms with van der Waals surface area (Å²) in [4.78, 5) is 0. The lowest BCUT2D eigenvalue weighted by molar-refractivity contribution is 0.628. The van der Waals surface area contributed by atoms with Crippen molar-refractivity contribution in [2.45, 2.75) is 0 Å². The van der Waals surface area contributed by atoms with Gasteiger partial charge in [0, 0.05) is 0 Å². The maximum absolute atomic E-state index is 13.1. The summed E-state index contributed by atoms with van der Waals surface area (Å²) in [5.41, 5.74) is 7.38. The predicted molar refractivity (Wildman–Crippen MR) is 70.3 cm³/mol. The number of para-hydroxylation sites is 1. The van der Waals surface area contributed by atoms with Gasteiger partial charge in [0.2, 0.25) is 0 Å². The molecule has 3 N–H and O–H groups in total. The van der Waals surface area contributed by atoms with Gasteiger partial charge in [0.05, 0.1) is 27.6 Å². The number of halogens is 2. The number of nitrogens with one attached hydrogen (secondary N) is 1. The Morgan fingerprint density at radius 2 is 2.00 bits per heavy atom. The smallest absolute Gasteiger partial charge is 0.125 e. The summed E-state index contributed by atoms with van der Waals surface area (Å²) in [6.07, 6.45) is 0. The first-order valence-corrected chi connectivity index (χ1v) is 5.50. The Morgan fingerprint density at radius 3 is 2.72 bits per heavy atom. The van der Waals surface area contributed by atoms with E-state index in [1.807, 2.05) is 6.07 Å². The zero-order chi connectivity index (χ0) is 13.1. The van der Waals surface area contributed by atoms with Crippen molar-refractivity contribution in [1.29, 1.82) is 5.26 Å². The number of nitriles is 1. The third-order valence-corrected chi connectivity index (χ3v) is 2.75. The van der Waals surface area contributed by atoms with Crippen molar-refractivity contribution >= 4 is 28.7 Å². The van der Waals surface area contributed by atoms with E-state index >= 15 is 0 Å². The van der Waals surface area contributed by atoms with E-state index in [1.165, 1.54) is 18.2 Å². The summed E-state index contributed by atoms with van der Waals surface area (Å²) >= 11 is 5.94. The molecule has 0 aliphatic heterocycles. The molecule has 0 fully saturated rings. The second-order valence-electron chi connectivity index (χ2n) is 3.63. The molecule has 0 amide bonds. The molecule has 0 unspecified atom stereocenters. The fraction of sp³-hybridized carbons (Fsp3) is 0. The highest BCUT2D eigenvalue weighted by molar-refractivity contribution is 6.33. The van der Waals surface area contributed by atoms with E-state index in [4.69, 9.17) is 22.6 Å². The quantitative estimate of drug-likeness (QED) is 0.811. The molecule has 0 saturated carbocycles. The summed E-state index contributed by atoms with van der Waals surface area (Å²) in [5.74, 6) is -0.406. The Balaban J connectivity index is 2.41. The zero-order valence-electron chi connectivity index (χ0n) is 9.24. The van der Waals surface area contributed by atoms with Crippen molar-refractivity contribution in [1.82, 2.24) is 0 Å². The summed E-state index contributed by atoms with van der Waals surface area (Å²) < 4.78 is 13.1. The van der Waals surface area contributed by atoms with Crippen LogP contribution >= 0.6 is 11.6 Å². The minimum Gasteiger partial charge on any atom is -0.396 e. The van der Waals surface area contributed by atoms with Gasteiger partial charge in [-0.05, 0) is 30.3 Å². The van der Waals surface area contributed by atoms with Crippen LogP contribution in [0.5, 0.6) is 0 Å². The van der Waals surface area contributed by atoms with Crippen LogP contribution in [0.1, 0.15) is 5.56 Å². The maximum atomic E-state index is 13.1. The van der Waals surface area contributed by atoms with Gasteiger partial charge in [0.15, 0.2) is 0 Å². The maximum Gasteiger partial charge on any atom is 0.125 e. The van der Waals surface area contributed by atoms with E-state index in [0.717, 1.165) is 0 Å². The molecule has 18 heavy (non-hydrogen) atoms. The summed E-state index contributed by atoms with van der Waals surface area (Å²) in [6, 6.07) is 10.9. The Kier molecular flexibility index (Phi) is 3.35. The van der Waals surface area contributed by atoms with Crippen LogP contribution < -0.4 is 11.1 Å². The van der Waals surface area contributed by atoms with Gasteiger partial charge in [-0.25, -0.2) is 4.39 Å². The van der Waals surface area contributed by atoms with Gasteiger partial charge in [-0.2, -0.15) is 5.26 Å². The van der Waals surface area contributed by atoms with Crippen LogP contribution in [0.3, 0.4) is 0 Å². The molecule has 2 aromatic carbocycles. The average Bonchev–Trinajstić information content (AvgIpc) is 2.36. The van der Waals surface area contributed by atoms with E-state index in [-0.39, 0.29) is 0 Å². The highest BCUT2D eigenvalue weighted by Crippen LogP contribution is 2.30. The van der Waals surface area contributed by atoms with Gasteiger partial charge in [0.25, 0.3) is 0 Å². The third kappa shape index (κ3) is 2.36. The Morgan fingerprint density at radius 1 is 1.22 bits per heavy atom. The lowest BCUT2D eigenvalue weighted by atomic mass is 10.1. The molecule has 0 aromatic heterocycles. The van der Waals surface area contributed by atoms with Crippen LogP contribution in [0.25, 0.3) is 0 Å². The van der Waals surface area contributed by atoms with Crippen molar-refractivity contribution in [2.75, 3.05) is 11.1 Å². The molecule has 0 aliphatic rings. The van der Waals surface area contributed by atoms with Crippen LogP contribution in [0.4, 0.5) is 21.5 Å². The van der Waals surface area contributed by atoms with Gasteiger partial charge >= 0.3 is 0 Å². The molecule has 0 radical (unpaired) electrons. The number of nitrogen functional groups attached to an aromatic ring is 1. The first-order chi connectivity index (χ1) is 8.61. The van der Waals surface area contributed by atoms with Gasteiger partial charge in [-0.1, -0.05) is 17.7 Å². The lowest BCUT2D eigenvalue weighted by Crippen LogP contribution is -1.99. The largest absolute Gasteiger partial charge is 0.396 e. The van der Waals surface area contributed by atoms with Gasteiger partial charge in [0.1, 0.15) is 11.9 Å². The molecular formula is C13H9ClFN3. The van der Waals surface area contributed by atoms with Gasteiger partial charge in [-0.15, -0.1) is 0 Å².